The first-order valence-corrected chi connectivity index (χ1v) is 2.92. The average Bonchev–Trinajstić information content (AvgIpc) is 2.69. The van der Waals surface area contributed by atoms with Crippen molar-refractivity contribution >= 4 is 12.0 Å². The SMILES string of the molecule is COC(=O)C1(N=C=O)CC1. The molecule has 0 unspecified atom stereocenters. The molecule has 0 N–H and O–H groups in total. The second kappa shape index (κ2) is 2.23. The van der Waals surface area contributed by atoms with Crippen LogP contribution in [0.2, 0.25) is 0 Å². The molecule has 0 saturated heterocycles. The van der Waals surface area contributed by atoms with Gasteiger partial charge in [0.15, 0.2) is 5.54 Å². The van der Waals surface area contributed by atoms with Crippen LogP contribution in [0.15, 0.2) is 4.99 Å². The number of isocyanates is 1. The number of hydrogen-bond donors (Lipinski definition) is 0. The molecule has 4 nitrogen and oxygen atoms in total. The molecule has 0 aromatic carbocycles. The second-order valence-corrected chi connectivity index (χ2v) is 2.23. The van der Waals surface area contributed by atoms with Crippen molar-refractivity contribution in [3.8, 4) is 0 Å². The van der Waals surface area contributed by atoms with Crippen LogP contribution >= 0.6 is 0 Å². The van der Waals surface area contributed by atoms with E-state index in [2.05, 4.69) is 9.73 Å². The monoisotopic (exact) mass is 141 g/mol. The van der Waals surface area contributed by atoms with Crippen LogP contribution in [0, 0.1) is 0 Å². The Morgan fingerprint density at radius 3 is 2.60 bits per heavy atom. The van der Waals surface area contributed by atoms with Crippen LogP contribution in [0.5, 0.6) is 0 Å². The van der Waals surface area contributed by atoms with E-state index in [1.165, 1.54) is 13.2 Å². The summed E-state index contributed by atoms with van der Waals surface area (Å²) in [6.45, 7) is 0. The Hall–Kier alpha value is -1.15. The predicted octanol–water partition coefficient (Wildman–Crippen LogP) is 0.0278. The number of methoxy groups -OCH3 is 1. The van der Waals surface area contributed by atoms with Crippen molar-refractivity contribution in [3.63, 3.8) is 0 Å². The van der Waals surface area contributed by atoms with Gasteiger partial charge in [-0.1, -0.05) is 0 Å². The molecule has 54 valence electrons. The zero-order valence-corrected chi connectivity index (χ0v) is 5.59. The molecule has 1 aliphatic carbocycles. The summed E-state index contributed by atoms with van der Waals surface area (Å²) >= 11 is 0. The molecule has 0 bridgehead atoms. The Bertz CT molecular complexity index is 201. The fourth-order valence-electron chi connectivity index (χ4n) is 0.757. The highest BCUT2D eigenvalue weighted by Crippen LogP contribution is 2.40. The number of esters is 1. The number of aliphatic imine (C=N–C) groups is 1. The molecule has 0 atom stereocenters. The van der Waals surface area contributed by atoms with E-state index in [4.69, 9.17) is 0 Å². The van der Waals surface area contributed by atoms with E-state index < -0.39 is 11.5 Å². The third kappa shape index (κ3) is 0.933. The van der Waals surface area contributed by atoms with Crippen molar-refractivity contribution in [2.24, 2.45) is 4.99 Å². The topological polar surface area (TPSA) is 55.7 Å². The lowest BCUT2D eigenvalue weighted by molar-refractivity contribution is -0.143. The lowest BCUT2D eigenvalue weighted by atomic mass is 10.3. The average molecular weight is 141 g/mol. The van der Waals surface area contributed by atoms with Crippen molar-refractivity contribution in [2.45, 2.75) is 18.4 Å². The maximum atomic E-state index is 10.8. The summed E-state index contributed by atoms with van der Waals surface area (Å²) in [4.78, 5) is 23.9. The van der Waals surface area contributed by atoms with Gasteiger partial charge in [0.1, 0.15) is 0 Å². The van der Waals surface area contributed by atoms with E-state index in [1.807, 2.05) is 0 Å². The highest BCUT2D eigenvalue weighted by atomic mass is 16.5. The van der Waals surface area contributed by atoms with Crippen LogP contribution < -0.4 is 0 Å². The quantitative estimate of drug-likeness (QED) is 0.309. The van der Waals surface area contributed by atoms with Crippen molar-refractivity contribution in [1.29, 1.82) is 0 Å². The minimum atomic E-state index is -0.851. The van der Waals surface area contributed by atoms with Gasteiger partial charge in [-0.25, -0.2) is 9.59 Å². The van der Waals surface area contributed by atoms with Gasteiger partial charge in [-0.15, -0.1) is 0 Å². The van der Waals surface area contributed by atoms with E-state index in [9.17, 15) is 9.59 Å². The summed E-state index contributed by atoms with van der Waals surface area (Å²) in [5, 5.41) is 0. The highest BCUT2D eigenvalue weighted by Gasteiger charge is 2.51. The molecule has 0 aromatic heterocycles. The van der Waals surface area contributed by atoms with Gasteiger partial charge in [-0.05, 0) is 12.8 Å². The van der Waals surface area contributed by atoms with E-state index >= 15 is 0 Å². The molecular weight excluding hydrogens is 134 g/mol. The first kappa shape index (κ1) is 6.96. The summed E-state index contributed by atoms with van der Waals surface area (Å²) in [5.74, 6) is -0.434. The molecule has 1 aliphatic rings. The third-order valence-electron chi connectivity index (χ3n) is 1.55. The third-order valence-corrected chi connectivity index (χ3v) is 1.55. The lowest BCUT2D eigenvalue weighted by Gasteiger charge is -2.01. The van der Waals surface area contributed by atoms with Crippen molar-refractivity contribution in [3.05, 3.63) is 0 Å². The zero-order valence-electron chi connectivity index (χ0n) is 5.59. The smallest absolute Gasteiger partial charge is 0.334 e. The molecule has 1 rings (SSSR count). The van der Waals surface area contributed by atoms with E-state index in [1.54, 1.807) is 0 Å². The number of nitrogens with zero attached hydrogens (tertiary/aromatic N) is 1. The first-order valence-electron chi connectivity index (χ1n) is 2.92. The predicted molar refractivity (Wildman–Crippen MR) is 32.1 cm³/mol. The maximum Gasteiger partial charge on any atom is 0.334 e. The van der Waals surface area contributed by atoms with Crippen LogP contribution in [0.4, 0.5) is 0 Å². The normalized spacial score (nSPS) is 18.9. The van der Waals surface area contributed by atoms with Gasteiger partial charge < -0.3 is 4.74 Å². The molecule has 0 aromatic rings. The fraction of sp³-hybridized carbons (Fsp3) is 0.667. The summed E-state index contributed by atoms with van der Waals surface area (Å²) in [6.07, 6.45) is 2.57. The summed E-state index contributed by atoms with van der Waals surface area (Å²) in [5.41, 5.74) is -0.851. The Balaban J connectivity index is 2.69. The van der Waals surface area contributed by atoms with Gasteiger partial charge in [0.25, 0.3) is 0 Å². The lowest BCUT2D eigenvalue weighted by Crippen LogP contribution is -2.21. The Labute approximate surface area is 57.9 Å². The van der Waals surface area contributed by atoms with Crippen LogP contribution in [-0.2, 0) is 14.3 Å². The van der Waals surface area contributed by atoms with Gasteiger partial charge in [-0.2, -0.15) is 4.99 Å². The molecule has 10 heavy (non-hydrogen) atoms. The van der Waals surface area contributed by atoms with Gasteiger partial charge in [0.2, 0.25) is 6.08 Å². The molecule has 1 saturated carbocycles. The van der Waals surface area contributed by atoms with Crippen molar-refractivity contribution < 1.29 is 14.3 Å². The van der Waals surface area contributed by atoms with Gasteiger partial charge in [0.05, 0.1) is 7.11 Å². The van der Waals surface area contributed by atoms with Crippen LogP contribution in [0.25, 0.3) is 0 Å². The number of carbonyl (C=O) groups excluding carboxylic acids is 2. The van der Waals surface area contributed by atoms with E-state index in [-0.39, 0.29) is 0 Å². The molecular formula is C6H7NO3. The molecule has 0 spiro atoms. The van der Waals surface area contributed by atoms with Crippen molar-refractivity contribution in [2.75, 3.05) is 7.11 Å². The Morgan fingerprint density at radius 1 is 1.70 bits per heavy atom. The van der Waals surface area contributed by atoms with Crippen LogP contribution in [-0.4, -0.2) is 24.7 Å². The van der Waals surface area contributed by atoms with Gasteiger partial charge in [-0.3, -0.25) is 0 Å². The molecule has 1 fully saturated rings. The van der Waals surface area contributed by atoms with E-state index in [0.29, 0.717) is 12.8 Å². The van der Waals surface area contributed by atoms with E-state index in [0.717, 1.165) is 0 Å². The molecule has 4 heteroatoms. The standard InChI is InChI=1S/C6H7NO3/c1-10-5(9)6(2-3-6)7-4-8/h2-3H2,1H3. The largest absolute Gasteiger partial charge is 0.467 e. The second-order valence-electron chi connectivity index (χ2n) is 2.23. The Kier molecular flexibility index (Phi) is 1.55. The minimum absolute atomic E-state index is 0.434. The maximum absolute atomic E-state index is 10.8. The Morgan fingerprint density at radius 2 is 2.30 bits per heavy atom. The van der Waals surface area contributed by atoms with Crippen LogP contribution in [0.1, 0.15) is 12.8 Å². The summed E-state index contributed by atoms with van der Waals surface area (Å²) in [7, 11) is 1.28. The van der Waals surface area contributed by atoms with Crippen LogP contribution in [0.3, 0.4) is 0 Å². The molecule has 0 radical (unpaired) electrons. The fourth-order valence-corrected chi connectivity index (χ4v) is 0.757. The molecule has 0 aliphatic heterocycles. The number of ether oxygens (including phenoxy) is 1. The summed E-state index contributed by atoms with van der Waals surface area (Å²) in [6, 6.07) is 0. The minimum Gasteiger partial charge on any atom is -0.467 e. The highest BCUT2D eigenvalue weighted by molar-refractivity contribution is 5.85. The zero-order chi connectivity index (χ0) is 7.61. The number of rotatable bonds is 2. The molecule has 0 heterocycles. The molecule has 0 amide bonds. The van der Waals surface area contributed by atoms with Gasteiger partial charge >= 0.3 is 5.97 Å². The summed E-state index contributed by atoms with van der Waals surface area (Å²) < 4.78 is 4.42. The number of carbonyl (C=O) groups is 1. The first-order chi connectivity index (χ1) is 4.75. The van der Waals surface area contributed by atoms with Crippen molar-refractivity contribution in [1.82, 2.24) is 0 Å². The van der Waals surface area contributed by atoms with Gasteiger partial charge in [0, 0.05) is 0 Å². The number of hydrogen-bond acceptors (Lipinski definition) is 4.